The zero-order valence-corrected chi connectivity index (χ0v) is 20.5. The Labute approximate surface area is 202 Å². The van der Waals surface area contributed by atoms with Crippen LogP contribution in [-0.2, 0) is 14.8 Å². The molecule has 9 nitrogen and oxygen atoms in total. The van der Waals surface area contributed by atoms with Gasteiger partial charge in [-0.1, -0.05) is 23.2 Å². The van der Waals surface area contributed by atoms with Gasteiger partial charge in [0, 0.05) is 30.5 Å². The summed E-state index contributed by atoms with van der Waals surface area (Å²) in [7, 11) is -3.79. The lowest BCUT2D eigenvalue weighted by Gasteiger charge is -2.40. The first kappa shape index (κ1) is 24.0. The largest absolute Gasteiger partial charge is 0.460 e. The number of primary sulfonamides is 1. The smallest absolute Gasteiger partial charge is 0.263 e. The van der Waals surface area contributed by atoms with E-state index in [1.54, 1.807) is 19.9 Å². The van der Waals surface area contributed by atoms with Crippen LogP contribution in [0.5, 0.6) is 5.88 Å². The van der Waals surface area contributed by atoms with E-state index in [0.29, 0.717) is 10.8 Å². The number of aromatic nitrogens is 2. The Morgan fingerprint density at radius 3 is 2.39 bits per heavy atom. The number of carbonyl (C=O) groups excluding carboxylic acids is 1. The number of rotatable bonds is 6. The van der Waals surface area contributed by atoms with Crippen molar-refractivity contribution < 1.29 is 17.9 Å². The molecule has 0 radical (unpaired) electrons. The Morgan fingerprint density at radius 1 is 1.18 bits per heavy atom. The Balaban J connectivity index is 1.41. The molecule has 2 saturated heterocycles. The normalized spacial score (nSPS) is 22.8. The topological polar surface area (TPSA) is 128 Å². The number of hydrogen-bond donors (Lipinski definition) is 2. The van der Waals surface area contributed by atoms with E-state index < -0.39 is 15.6 Å². The van der Waals surface area contributed by atoms with Crippen LogP contribution in [0.25, 0.3) is 0 Å². The molecule has 12 heteroatoms. The maximum Gasteiger partial charge on any atom is 0.263 e. The van der Waals surface area contributed by atoms with E-state index >= 15 is 0 Å². The second-order valence-electron chi connectivity index (χ2n) is 8.88. The van der Waals surface area contributed by atoms with Crippen LogP contribution in [0.15, 0.2) is 35.5 Å². The highest BCUT2D eigenvalue weighted by Gasteiger charge is 2.43. The van der Waals surface area contributed by atoms with Gasteiger partial charge in [-0.2, -0.15) is 0 Å². The van der Waals surface area contributed by atoms with E-state index in [2.05, 4.69) is 20.2 Å². The number of hydrogen-bond acceptors (Lipinski definition) is 7. The van der Waals surface area contributed by atoms with Crippen molar-refractivity contribution in [2.45, 2.75) is 68.2 Å². The molecule has 4 rings (SSSR count). The molecule has 0 spiro atoms. The van der Waals surface area contributed by atoms with Crippen molar-refractivity contribution in [2.75, 3.05) is 4.90 Å². The second kappa shape index (κ2) is 8.90. The van der Waals surface area contributed by atoms with Crippen LogP contribution in [-0.4, -0.2) is 48.0 Å². The van der Waals surface area contributed by atoms with Crippen molar-refractivity contribution in [3.63, 3.8) is 0 Å². The minimum atomic E-state index is -3.79. The lowest BCUT2D eigenvalue weighted by Crippen LogP contribution is -2.55. The molecule has 0 aromatic carbocycles. The summed E-state index contributed by atoms with van der Waals surface area (Å²) in [6.45, 7) is 3.32. The fourth-order valence-electron chi connectivity index (χ4n) is 4.49. The molecule has 2 aromatic heterocycles. The molecule has 0 unspecified atom stereocenters. The van der Waals surface area contributed by atoms with Gasteiger partial charge in [0.2, 0.25) is 15.9 Å². The number of nitrogens with one attached hydrogen (secondary N) is 1. The van der Waals surface area contributed by atoms with Gasteiger partial charge in [-0.05, 0) is 57.7 Å². The van der Waals surface area contributed by atoms with Crippen molar-refractivity contribution in [3.05, 3.63) is 40.6 Å². The highest BCUT2D eigenvalue weighted by atomic mass is 35.5. The maximum absolute atomic E-state index is 13.0. The number of piperidine rings is 1. The summed E-state index contributed by atoms with van der Waals surface area (Å²) in [6.07, 6.45) is 6.13. The number of halogens is 2. The Bertz CT molecular complexity index is 1150. The summed E-state index contributed by atoms with van der Waals surface area (Å²) in [5.41, 5.74) is -1.19. The van der Waals surface area contributed by atoms with Crippen LogP contribution in [0.3, 0.4) is 0 Å². The average molecular weight is 514 g/mol. The van der Waals surface area contributed by atoms with E-state index in [0.717, 1.165) is 25.7 Å². The molecule has 2 bridgehead atoms. The van der Waals surface area contributed by atoms with Crippen LogP contribution in [0.2, 0.25) is 10.0 Å². The fraction of sp³-hybridized carbons (Fsp3) is 0.476. The Hall–Kier alpha value is -2.14. The van der Waals surface area contributed by atoms with Gasteiger partial charge in [-0.25, -0.2) is 23.5 Å². The number of sulfonamides is 1. The molecule has 33 heavy (non-hydrogen) atoms. The zero-order valence-electron chi connectivity index (χ0n) is 18.2. The molecule has 3 N–H and O–H groups in total. The van der Waals surface area contributed by atoms with E-state index in [4.69, 9.17) is 33.1 Å². The first-order valence-corrected chi connectivity index (χ1v) is 12.8. The molecule has 0 saturated carbocycles. The first-order valence-electron chi connectivity index (χ1n) is 10.5. The Morgan fingerprint density at radius 2 is 1.85 bits per heavy atom. The van der Waals surface area contributed by atoms with Gasteiger partial charge >= 0.3 is 0 Å². The number of nitrogens with zero attached hydrogens (tertiary/aromatic N) is 3. The summed E-state index contributed by atoms with van der Waals surface area (Å²) in [5.74, 6) is 0.598. The number of ether oxygens (including phenoxy) is 1. The zero-order chi connectivity index (χ0) is 24.0. The molecule has 4 heterocycles. The molecule has 178 valence electrons. The molecular formula is C21H25Cl2N5O4S. The summed E-state index contributed by atoms with van der Waals surface area (Å²) in [6, 6.07) is 5.03. The summed E-state index contributed by atoms with van der Waals surface area (Å²) < 4.78 is 28.8. The van der Waals surface area contributed by atoms with Gasteiger partial charge < -0.3 is 15.0 Å². The molecule has 1 amide bonds. The fourth-order valence-corrected chi connectivity index (χ4v) is 5.36. The van der Waals surface area contributed by atoms with Gasteiger partial charge in [0.25, 0.3) is 5.91 Å². The van der Waals surface area contributed by atoms with Crippen molar-refractivity contribution in [2.24, 2.45) is 5.14 Å². The van der Waals surface area contributed by atoms with Gasteiger partial charge in [0.05, 0.1) is 5.02 Å². The minimum absolute atomic E-state index is 0.0155. The van der Waals surface area contributed by atoms with Gasteiger partial charge in [0.1, 0.15) is 15.7 Å². The summed E-state index contributed by atoms with van der Waals surface area (Å²) in [5, 5.41) is 8.89. The third-order valence-electron chi connectivity index (χ3n) is 6.05. The molecule has 2 fully saturated rings. The molecule has 2 aromatic rings. The third-order valence-corrected chi connectivity index (χ3v) is 7.43. The SMILES string of the molecule is CC(C)(Oc1ncc(Cl)cc1Cl)C(=O)N[C@H]1C[C@H]2CC[C@@H](C1)N2c1ccc(S(N)(=O)=O)cn1. The molecule has 3 atom stereocenters. The van der Waals surface area contributed by atoms with Crippen molar-refractivity contribution in [3.8, 4) is 5.88 Å². The van der Waals surface area contributed by atoms with E-state index in [9.17, 15) is 13.2 Å². The van der Waals surface area contributed by atoms with E-state index in [1.807, 2.05) is 0 Å². The van der Waals surface area contributed by atoms with E-state index in [1.165, 1.54) is 24.5 Å². The number of anilines is 1. The van der Waals surface area contributed by atoms with Gasteiger partial charge in [0.15, 0.2) is 5.60 Å². The number of fused-ring (bicyclic) bond motifs is 2. The quantitative estimate of drug-likeness (QED) is 0.607. The predicted molar refractivity (Wildman–Crippen MR) is 125 cm³/mol. The number of nitrogens with two attached hydrogens (primary N) is 1. The minimum Gasteiger partial charge on any atom is -0.460 e. The lowest BCUT2D eigenvalue weighted by atomic mass is 9.96. The van der Waals surface area contributed by atoms with Crippen molar-refractivity contribution >= 4 is 45.0 Å². The van der Waals surface area contributed by atoms with Gasteiger partial charge in [-0.3, -0.25) is 4.79 Å². The molecule has 0 aliphatic carbocycles. The maximum atomic E-state index is 13.0. The molecular weight excluding hydrogens is 489 g/mol. The van der Waals surface area contributed by atoms with Crippen LogP contribution in [0.1, 0.15) is 39.5 Å². The summed E-state index contributed by atoms with van der Waals surface area (Å²) in [4.78, 5) is 23.6. The van der Waals surface area contributed by atoms with Crippen LogP contribution >= 0.6 is 23.2 Å². The summed E-state index contributed by atoms with van der Waals surface area (Å²) >= 11 is 12.0. The second-order valence-corrected chi connectivity index (χ2v) is 11.3. The highest BCUT2D eigenvalue weighted by molar-refractivity contribution is 7.89. The molecule has 2 aliphatic heterocycles. The van der Waals surface area contributed by atoms with E-state index in [-0.39, 0.29) is 39.8 Å². The number of amides is 1. The van der Waals surface area contributed by atoms with Gasteiger partial charge in [-0.15, -0.1) is 0 Å². The van der Waals surface area contributed by atoms with Crippen molar-refractivity contribution in [1.29, 1.82) is 0 Å². The third kappa shape index (κ3) is 5.18. The van der Waals surface area contributed by atoms with Crippen LogP contribution in [0.4, 0.5) is 5.82 Å². The highest BCUT2D eigenvalue weighted by Crippen LogP contribution is 2.39. The van der Waals surface area contributed by atoms with Crippen molar-refractivity contribution in [1.82, 2.24) is 15.3 Å². The number of pyridine rings is 2. The van der Waals surface area contributed by atoms with Crippen LogP contribution in [0, 0.1) is 0 Å². The lowest BCUT2D eigenvalue weighted by molar-refractivity contribution is -0.135. The average Bonchev–Trinajstić information content (AvgIpc) is 3.00. The monoisotopic (exact) mass is 513 g/mol. The Kier molecular flexibility index (Phi) is 6.47. The standard InChI is InChI=1S/C21H25Cl2N5O4S/c1-21(2,32-19-17(23)7-12(22)10-26-19)20(29)27-13-8-14-3-4-15(9-13)28(14)18-6-5-16(11-25-18)33(24,30)31/h5-7,10-11,13-15H,3-4,8-9H2,1-2H3,(H,27,29)(H2,24,30,31)/t13-,14+,15-. The number of carbonyl (C=O) groups is 1. The predicted octanol–water partition coefficient (Wildman–Crippen LogP) is 2.90. The first-order chi connectivity index (χ1) is 15.4. The van der Waals surface area contributed by atoms with Crippen LogP contribution < -0.4 is 20.1 Å². The molecule has 2 aliphatic rings.